The quantitative estimate of drug-likeness (QED) is 0.677. The molecular formula is C20H28ClN5O3. The highest BCUT2D eigenvalue weighted by atomic mass is 35.5. The summed E-state index contributed by atoms with van der Waals surface area (Å²) in [6, 6.07) is 4.59. The average Bonchev–Trinajstić information content (AvgIpc) is 3.06. The second-order valence-electron chi connectivity index (χ2n) is 7.88. The summed E-state index contributed by atoms with van der Waals surface area (Å²) in [5.41, 5.74) is 13.4. The first-order chi connectivity index (χ1) is 13.5. The largest absolute Gasteiger partial charge is 0.380 e. The Labute approximate surface area is 175 Å². The standard InChI is InChI=1S/C20H27N5O3.ClH/c21-17(13-4-2-1-3-5-13)20(27)25-9-8-15(25)19(26)23-11-12-6-7-14-16(10-12)28-24-18(14)22;/h6-7,10,13,15,17H,1-5,8-9,11,21H2,(H2,22,24)(H,23,26);1H/t15-,17+;/m0./s1. The van der Waals surface area contributed by atoms with Gasteiger partial charge in [-0.05, 0) is 42.9 Å². The van der Waals surface area contributed by atoms with Crippen molar-refractivity contribution in [1.82, 2.24) is 15.4 Å². The van der Waals surface area contributed by atoms with Crippen LogP contribution in [0.4, 0.5) is 5.82 Å². The van der Waals surface area contributed by atoms with Crippen LogP contribution in [0.2, 0.25) is 0 Å². The molecule has 9 heteroatoms. The molecule has 1 aliphatic heterocycles. The number of aromatic nitrogens is 1. The first-order valence-electron chi connectivity index (χ1n) is 10.0. The van der Waals surface area contributed by atoms with E-state index in [2.05, 4.69) is 10.5 Å². The van der Waals surface area contributed by atoms with Crippen LogP contribution in [0, 0.1) is 5.92 Å². The minimum atomic E-state index is -0.491. The first-order valence-corrected chi connectivity index (χ1v) is 10.0. The van der Waals surface area contributed by atoms with Crippen molar-refractivity contribution in [3.8, 4) is 0 Å². The number of anilines is 1. The minimum absolute atomic E-state index is 0. The molecule has 2 atom stereocenters. The number of fused-ring (bicyclic) bond motifs is 1. The van der Waals surface area contributed by atoms with Crippen LogP contribution in [0.25, 0.3) is 11.0 Å². The fraction of sp³-hybridized carbons (Fsp3) is 0.550. The van der Waals surface area contributed by atoms with Gasteiger partial charge in [0.1, 0.15) is 6.04 Å². The Morgan fingerprint density at radius 3 is 2.69 bits per heavy atom. The van der Waals surface area contributed by atoms with Gasteiger partial charge in [-0.2, -0.15) is 0 Å². The van der Waals surface area contributed by atoms with Crippen LogP contribution in [0.5, 0.6) is 0 Å². The van der Waals surface area contributed by atoms with E-state index in [0.717, 1.165) is 36.6 Å². The molecule has 8 nitrogen and oxygen atoms in total. The van der Waals surface area contributed by atoms with Gasteiger partial charge in [0.2, 0.25) is 11.8 Å². The molecule has 0 bridgehead atoms. The highest BCUT2D eigenvalue weighted by Gasteiger charge is 2.41. The van der Waals surface area contributed by atoms with Gasteiger partial charge in [-0.3, -0.25) is 9.59 Å². The molecule has 1 aromatic heterocycles. The molecule has 1 saturated heterocycles. The van der Waals surface area contributed by atoms with Crippen molar-refractivity contribution in [3.63, 3.8) is 0 Å². The van der Waals surface area contributed by atoms with E-state index < -0.39 is 12.1 Å². The summed E-state index contributed by atoms with van der Waals surface area (Å²) in [6.07, 6.45) is 6.18. The molecule has 2 heterocycles. The summed E-state index contributed by atoms with van der Waals surface area (Å²) in [5, 5.41) is 7.39. The maximum Gasteiger partial charge on any atom is 0.243 e. The monoisotopic (exact) mass is 421 g/mol. The number of nitrogens with zero attached hydrogens (tertiary/aromatic N) is 2. The third kappa shape index (κ3) is 4.33. The summed E-state index contributed by atoms with van der Waals surface area (Å²) in [6.45, 7) is 0.948. The lowest BCUT2D eigenvalue weighted by molar-refractivity contribution is -0.149. The van der Waals surface area contributed by atoms with Crippen LogP contribution in [-0.2, 0) is 16.1 Å². The van der Waals surface area contributed by atoms with Crippen molar-refractivity contribution >= 4 is 41.0 Å². The molecule has 2 aliphatic rings. The van der Waals surface area contributed by atoms with Gasteiger partial charge < -0.3 is 26.2 Å². The summed E-state index contributed by atoms with van der Waals surface area (Å²) in [7, 11) is 0. The van der Waals surface area contributed by atoms with Crippen molar-refractivity contribution in [3.05, 3.63) is 23.8 Å². The van der Waals surface area contributed by atoms with Crippen molar-refractivity contribution in [2.75, 3.05) is 12.3 Å². The number of nitrogens with two attached hydrogens (primary N) is 2. The van der Waals surface area contributed by atoms with Crippen LogP contribution >= 0.6 is 12.4 Å². The van der Waals surface area contributed by atoms with Gasteiger partial charge in [-0.25, -0.2) is 0 Å². The second kappa shape index (κ2) is 9.00. The molecule has 2 amide bonds. The molecule has 1 aliphatic carbocycles. The van der Waals surface area contributed by atoms with Crippen molar-refractivity contribution in [1.29, 1.82) is 0 Å². The van der Waals surface area contributed by atoms with Crippen LogP contribution in [-0.4, -0.2) is 40.5 Å². The summed E-state index contributed by atoms with van der Waals surface area (Å²) in [4.78, 5) is 27.0. The zero-order chi connectivity index (χ0) is 19.7. The third-order valence-corrected chi connectivity index (χ3v) is 6.08. The molecule has 2 aromatic rings. The van der Waals surface area contributed by atoms with Crippen LogP contribution < -0.4 is 16.8 Å². The molecule has 4 rings (SSSR count). The van der Waals surface area contributed by atoms with Gasteiger partial charge in [0, 0.05) is 13.1 Å². The van der Waals surface area contributed by atoms with Crippen LogP contribution in [0.1, 0.15) is 44.1 Å². The van der Waals surface area contributed by atoms with E-state index in [1.807, 2.05) is 18.2 Å². The highest BCUT2D eigenvalue weighted by Crippen LogP contribution is 2.28. The molecule has 0 radical (unpaired) electrons. The molecule has 5 N–H and O–H groups in total. The maximum absolute atomic E-state index is 12.8. The Morgan fingerprint density at radius 1 is 1.24 bits per heavy atom. The summed E-state index contributed by atoms with van der Waals surface area (Å²) in [5.74, 6) is 0.361. The zero-order valence-electron chi connectivity index (χ0n) is 16.3. The number of benzene rings is 1. The number of carbonyl (C=O) groups is 2. The van der Waals surface area contributed by atoms with E-state index in [-0.39, 0.29) is 30.1 Å². The topological polar surface area (TPSA) is 127 Å². The molecule has 1 saturated carbocycles. The Hall–Kier alpha value is -2.32. The van der Waals surface area contributed by atoms with E-state index in [1.165, 1.54) is 6.42 Å². The SMILES string of the molecule is Cl.Nc1noc2cc(CNC(=O)[C@@H]3CCN3C(=O)[C@H](N)C3CCCCC3)ccc12. The van der Waals surface area contributed by atoms with Gasteiger partial charge in [0.15, 0.2) is 11.4 Å². The predicted octanol–water partition coefficient (Wildman–Crippen LogP) is 1.96. The summed E-state index contributed by atoms with van der Waals surface area (Å²) < 4.78 is 5.15. The lowest BCUT2D eigenvalue weighted by Crippen LogP contribution is -2.62. The number of halogens is 1. The number of hydrogen-bond donors (Lipinski definition) is 3. The molecule has 29 heavy (non-hydrogen) atoms. The molecule has 2 fully saturated rings. The molecular weight excluding hydrogens is 394 g/mol. The fourth-order valence-corrected chi connectivity index (χ4v) is 4.23. The Bertz CT molecular complexity index is 880. The number of nitrogens with one attached hydrogen (secondary N) is 1. The number of carbonyl (C=O) groups excluding carboxylic acids is 2. The first kappa shape index (κ1) is 21.4. The highest BCUT2D eigenvalue weighted by molar-refractivity contribution is 5.91. The van der Waals surface area contributed by atoms with Gasteiger partial charge in [-0.15, -0.1) is 12.4 Å². The second-order valence-corrected chi connectivity index (χ2v) is 7.88. The number of nitrogen functional groups attached to an aromatic ring is 1. The molecule has 0 spiro atoms. The van der Waals surface area contributed by atoms with E-state index >= 15 is 0 Å². The van der Waals surface area contributed by atoms with E-state index in [1.54, 1.807) is 4.90 Å². The maximum atomic E-state index is 12.8. The number of amides is 2. The Morgan fingerprint density at radius 2 is 2.00 bits per heavy atom. The Balaban J connectivity index is 0.00000240. The van der Waals surface area contributed by atoms with E-state index in [0.29, 0.717) is 30.9 Å². The smallest absolute Gasteiger partial charge is 0.243 e. The van der Waals surface area contributed by atoms with E-state index in [4.69, 9.17) is 16.0 Å². The third-order valence-electron chi connectivity index (χ3n) is 6.08. The van der Waals surface area contributed by atoms with Gasteiger partial charge in [0.05, 0.1) is 11.4 Å². The van der Waals surface area contributed by atoms with Crippen molar-refractivity contribution in [2.45, 2.75) is 57.2 Å². The van der Waals surface area contributed by atoms with Crippen molar-refractivity contribution < 1.29 is 14.1 Å². The van der Waals surface area contributed by atoms with E-state index in [9.17, 15) is 9.59 Å². The van der Waals surface area contributed by atoms with Gasteiger partial charge >= 0.3 is 0 Å². The molecule has 158 valence electrons. The minimum Gasteiger partial charge on any atom is -0.380 e. The number of hydrogen-bond acceptors (Lipinski definition) is 6. The Kier molecular flexibility index (Phi) is 6.64. The molecule has 1 aromatic carbocycles. The number of rotatable bonds is 5. The van der Waals surface area contributed by atoms with Crippen LogP contribution in [0.15, 0.2) is 22.7 Å². The van der Waals surface area contributed by atoms with Crippen molar-refractivity contribution in [2.24, 2.45) is 11.7 Å². The normalized spacial score (nSPS) is 20.6. The lowest BCUT2D eigenvalue weighted by Gasteiger charge is -2.42. The zero-order valence-corrected chi connectivity index (χ0v) is 17.1. The van der Waals surface area contributed by atoms with Gasteiger partial charge in [0.25, 0.3) is 0 Å². The lowest BCUT2D eigenvalue weighted by atomic mass is 9.83. The molecule has 0 unspecified atom stereocenters. The predicted molar refractivity (Wildman–Crippen MR) is 112 cm³/mol. The number of likely N-dealkylation sites (tertiary alicyclic amines) is 1. The fourth-order valence-electron chi connectivity index (χ4n) is 4.23. The van der Waals surface area contributed by atoms with Crippen LogP contribution in [0.3, 0.4) is 0 Å². The average molecular weight is 422 g/mol. The summed E-state index contributed by atoms with van der Waals surface area (Å²) >= 11 is 0. The van der Waals surface area contributed by atoms with Gasteiger partial charge in [-0.1, -0.05) is 30.5 Å².